The molecule has 2 saturated heterocycles. The minimum absolute atomic E-state index is 0.259. The van der Waals surface area contributed by atoms with Gasteiger partial charge in [0.05, 0.1) is 12.2 Å². The molecule has 0 aliphatic carbocycles. The number of benzene rings is 2. The molecule has 0 amide bonds. The molecule has 156 valence electrons. The molecule has 6 heteroatoms. The van der Waals surface area contributed by atoms with Crippen molar-refractivity contribution in [1.82, 2.24) is 14.9 Å². The monoisotopic (exact) mass is 405 g/mol. The van der Waals surface area contributed by atoms with E-state index in [4.69, 9.17) is 9.47 Å². The van der Waals surface area contributed by atoms with Gasteiger partial charge in [-0.25, -0.2) is 9.97 Å². The maximum atomic E-state index is 10.6. The van der Waals surface area contributed by atoms with Gasteiger partial charge in [0.25, 0.3) is 0 Å². The van der Waals surface area contributed by atoms with Gasteiger partial charge in [-0.15, -0.1) is 0 Å². The number of ether oxygens (including phenoxy) is 2. The molecule has 2 aromatic carbocycles. The molecule has 3 aromatic rings. The van der Waals surface area contributed by atoms with Gasteiger partial charge in [-0.2, -0.15) is 0 Å². The molecule has 2 fully saturated rings. The number of morpholine rings is 1. The lowest BCUT2D eigenvalue weighted by molar-refractivity contribution is -0.0528. The molecule has 1 unspecified atom stereocenters. The van der Waals surface area contributed by atoms with Gasteiger partial charge in [0.1, 0.15) is 24.3 Å². The van der Waals surface area contributed by atoms with Crippen LogP contribution in [0.5, 0.6) is 5.75 Å². The van der Waals surface area contributed by atoms with E-state index < -0.39 is 6.10 Å². The van der Waals surface area contributed by atoms with Gasteiger partial charge in [0.15, 0.2) is 0 Å². The van der Waals surface area contributed by atoms with Crippen molar-refractivity contribution in [3.63, 3.8) is 0 Å². The van der Waals surface area contributed by atoms with E-state index in [1.807, 2.05) is 43.6 Å². The van der Waals surface area contributed by atoms with Crippen LogP contribution in [-0.4, -0.2) is 64.5 Å². The first-order chi connectivity index (χ1) is 14.6. The van der Waals surface area contributed by atoms with Gasteiger partial charge in [-0.05, 0) is 48.2 Å². The summed E-state index contributed by atoms with van der Waals surface area (Å²) in [6.07, 6.45) is 6.07. The lowest BCUT2D eigenvalue weighted by Crippen LogP contribution is -2.46. The third-order valence-electron chi connectivity index (χ3n) is 5.96. The SMILES string of the molecule is Cc1ncc(-c2cc(OCC(O)CN3C[C@H]4CC[C@@H](C3)O4)cc3ccccc23)cn1. The third-order valence-corrected chi connectivity index (χ3v) is 5.96. The first kappa shape index (κ1) is 19.4. The highest BCUT2D eigenvalue weighted by Crippen LogP contribution is 2.33. The van der Waals surface area contributed by atoms with Crippen LogP contribution in [0.15, 0.2) is 48.8 Å². The van der Waals surface area contributed by atoms with Crippen molar-refractivity contribution in [2.75, 3.05) is 26.2 Å². The molecular weight excluding hydrogens is 378 g/mol. The summed E-state index contributed by atoms with van der Waals surface area (Å²) < 4.78 is 11.9. The van der Waals surface area contributed by atoms with E-state index >= 15 is 0 Å². The highest BCUT2D eigenvalue weighted by atomic mass is 16.5. The molecule has 30 heavy (non-hydrogen) atoms. The number of hydrogen-bond acceptors (Lipinski definition) is 6. The molecule has 1 N–H and O–H groups in total. The van der Waals surface area contributed by atoms with Crippen molar-refractivity contribution in [3.8, 4) is 16.9 Å². The molecule has 3 atom stereocenters. The smallest absolute Gasteiger partial charge is 0.125 e. The van der Waals surface area contributed by atoms with Gasteiger partial charge in [0, 0.05) is 37.6 Å². The van der Waals surface area contributed by atoms with Gasteiger partial charge >= 0.3 is 0 Å². The Balaban J connectivity index is 1.31. The first-order valence-electron chi connectivity index (χ1n) is 10.6. The average molecular weight is 405 g/mol. The van der Waals surface area contributed by atoms with Crippen LogP contribution >= 0.6 is 0 Å². The van der Waals surface area contributed by atoms with Crippen LogP contribution in [0, 0.1) is 6.92 Å². The third kappa shape index (κ3) is 4.17. The second-order valence-electron chi connectivity index (χ2n) is 8.35. The van der Waals surface area contributed by atoms with E-state index in [0.29, 0.717) is 18.8 Å². The number of hydrogen-bond donors (Lipinski definition) is 1. The highest BCUT2D eigenvalue weighted by molar-refractivity contribution is 5.97. The zero-order chi connectivity index (χ0) is 20.5. The molecule has 0 radical (unpaired) electrons. The normalized spacial score (nSPS) is 22.3. The summed E-state index contributed by atoms with van der Waals surface area (Å²) >= 11 is 0. The standard InChI is InChI=1S/C24H27N3O3/c1-16-25-10-18(11-26-16)24-9-22(8-17-4-2-3-5-23(17)24)29-15-19(28)12-27-13-20-6-7-21(14-27)30-20/h2-5,8-11,19-21,28H,6-7,12-15H2,1H3/t19?,20-,21+. The van der Waals surface area contributed by atoms with Crippen LogP contribution in [0.25, 0.3) is 21.9 Å². The second-order valence-corrected chi connectivity index (χ2v) is 8.35. The van der Waals surface area contributed by atoms with E-state index in [0.717, 1.165) is 59.4 Å². The van der Waals surface area contributed by atoms with E-state index in [2.05, 4.69) is 27.0 Å². The van der Waals surface area contributed by atoms with Gasteiger partial charge < -0.3 is 14.6 Å². The van der Waals surface area contributed by atoms with Crippen molar-refractivity contribution in [1.29, 1.82) is 0 Å². The highest BCUT2D eigenvalue weighted by Gasteiger charge is 2.34. The Kier molecular flexibility index (Phi) is 5.37. The molecule has 2 aliphatic rings. The van der Waals surface area contributed by atoms with E-state index in [1.54, 1.807) is 0 Å². The Morgan fingerprint density at radius 3 is 2.63 bits per heavy atom. The van der Waals surface area contributed by atoms with E-state index in [1.165, 1.54) is 0 Å². The number of aliphatic hydroxyl groups excluding tert-OH is 1. The fourth-order valence-electron chi connectivity index (χ4n) is 4.53. The molecule has 1 aromatic heterocycles. The molecule has 0 spiro atoms. The predicted octanol–water partition coefficient (Wildman–Crippen LogP) is 3.21. The Morgan fingerprint density at radius 1 is 1.13 bits per heavy atom. The van der Waals surface area contributed by atoms with Crippen LogP contribution in [0.2, 0.25) is 0 Å². The number of aryl methyl sites for hydroxylation is 1. The summed E-state index contributed by atoms with van der Waals surface area (Å²) in [4.78, 5) is 11.0. The summed E-state index contributed by atoms with van der Waals surface area (Å²) in [5, 5.41) is 12.8. The summed E-state index contributed by atoms with van der Waals surface area (Å²) in [5.74, 6) is 1.49. The fourth-order valence-corrected chi connectivity index (χ4v) is 4.53. The quantitative estimate of drug-likeness (QED) is 0.679. The van der Waals surface area contributed by atoms with Crippen molar-refractivity contribution >= 4 is 10.8 Å². The van der Waals surface area contributed by atoms with Crippen LogP contribution in [0.3, 0.4) is 0 Å². The summed E-state index contributed by atoms with van der Waals surface area (Å²) in [6.45, 7) is 4.56. The van der Waals surface area contributed by atoms with Crippen molar-refractivity contribution in [2.24, 2.45) is 0 Å². The molecule has 2 aliphatic heterocycles. The molecule has 6 nitrogen and oxygen atoms in total. The minimum atomic E-state index is -0.542. The Labute approximate surface area is 176 Å². The van der Waals surface area contributed by atoms with Crippen molar-refractivity contribution in [2.45, 2.75) is 38.1 Å². The number of aromatic nitrogens is 2. The Hall–Kier alpha value is -2.54. The van der Waals surface area contributed by atoms with E-state index in [9.17, 15) is 5.11 Å². The largest absolute Gasteiger partial charge is 0.491 e. The second kappa shape index (κ2) is 8.30. The number of rotatable bonds is 6. The summed E-state index contributed by atoms with van der Waals surface area (Å²) in [6, 6.07) is 12.2. The first-order valence-corrected chi connectivity index (χ1v) is 10.6. The van der Waals surface area contributed by atoms with E-state index in [-0.39, 0.29) is 6.61 Å². The van der Waals surface area contributed by atoms with Gasteiger partial charge in [-0.1, -0.05) is 24.3 Å². The van der Waals surface area contributed by atoms with Crippen LogP contribution in [0.1, 0.15) is 18.7 Å². The van der Waals surface area contributed by atoms with Crippen molar-refractivity contribution in [3.05, 3.63) is 54.6 Å². The molecule has 5 rings (SSSR count). The zero-order valence-corrected chi connectivity index (χ0v) is 17.2. The van der Waals surface area contributed by atoms with Crippen molar-refractivity contribution < 1.29 is 14.6 Å². The van der Waals surface area contributed by atoms with Gasteiger partial charge in [-0.3, -0.25) is 4.90 Å². The molecule has 0 saturated carbocycles. The molecular formula is C24H27N3O3. The fraction of sp³-hybridized carbons (Fsp3) is 0.417. The summed E-state index contributed by atoms with van der Waals surface area (Å²) in [5.41, 5.74) is 1.98. The number of aliphatic hydroxyl groups is 1. The maximum absolute atomic E-state index is 10.6. The predicted molar refractivity (Wildman–Crippen MR) is 116 cm³/mol. The number of likely N-dealkylation sites (tertiary alicyclic amines) is 1. The maximum Gasteiger partial charge on any atom is 0.125 e. The Bertz CT molecular complexity index is 1010. The van der Waals surface area contributed by atoms with Crippen LogP contribution < -0.4 is 4.74 Å². The topological polar surface area (TPSA) is 67.7 Å². The Morgan fingerprint density at radius 2 is 1.87 bits per heavy atom. The lowest BCUT2D eigenvalue weighted by atomic mass is 10.00. The molecule has 3 heterocycles. The zero-order valence-electron chi connectivity index (χ0n) is 17.2. The van der Waals surface area contributed by atoms with Gasteiger partial charge in [0.2, 0.25) is 0 Å². The molecule has 2 bridgehead atoms. The number of β-amino-alcohol motifs (C(OH)–C–C–N with tert-alkyl or cyclic N) is 1. The number of nitrogens with zero attached hydrogens (tertiary/aromatic N) is 3. The average Bonchev–Trinajstić information content (AvgIpc) is 3.10. The van der Waals surface area contributed by atoms with Crippen LogP contribution in [-0.2, 0) is 4.74 Å². The van der Waals surface area contributed by atoms with Crippen LogP contribution in [0.4, 0.5) is 0 Å². The summed E-state index contributed by atoms with van der Waals surface area (Å²) in [7, 11) is 0. The lowest BCUT2D eigenvalue weighted by Gasteiger charge is -2.33. The minimum Gasteiger partial charge on any atom is -0.491 e. The number of fused-ring (bicyclic) bond motifs is 3.